The molecule has 0 aliphatic heterocycles. The van der Waals surface area contributed by atoms with Crippen molar-refractivity contribution in [3.05, 3.63) is 36.5 Å². The molecule has 0 radical (unpaired) electrons. The number of hydrogen-bond acceptors (Lipinski definition) is 6. The number of ether oxygens (including phenoxy) is 5. The van der Waals surface area contributed by atoms with Crippen molar-refractivity contribution in [2.45, 2.75) is 20.8 Å². The molecule has 0 saturated carbocycles. The number of methoxy groups -OCH3 is 2. The molecule has 0 unspecified atom stereocenters. The van der Waals surface area contributed by atoms with Gasteiger partial charge in [-0.05, 0) is 56.5 Å². The number of aromatic nitrogens is 1. The number of pyridine rings is 1. The van der Waals surface area contributed by atoms with E-state index in [9.17, 15) is 0 Å². The second-order valence-corrected chi connectivity index (χ2v) is 6.19. The van der Waals surface area contributed by atoms with Crippen LogP contribution in [0.4, 0.5) is 0 Å². The Morgan fingerprint density at radius 2 is 1.30 bits per heavy atom. The molecule has 0 atom stereocenters. The first kappa shape index (κ1) is 23.4. The van der Waals surface area contributed by atoms with Crippen LogP contribution < -0.4 is 23.7 Å². The van der Waals surface area contributed by atoms with Gasteiger partial charge in [0, 0.05) is 17.1 Å². The van der Waals surface area contributed by atoms with Gasteiger partial charge in [0.15, 0.2) is 23.0 Å². The Morgan fingerprint density at radius 1 is 0.733 bits per heavy atom. The van der Waals surface area contributed by atoms with Gasteiger partial charge in [-0.25, -0.2) is 0 Å². The van der Waals surface area contributed by atoms with Crippen LogP contribution in [0.1, 0.15) is 20.8 Å². The molecule has 0 spiro atoms. The van der Waals surface area contributed by atoms with E-state index in [1.165, 1.54) is 0 Å². The van der Waals surface area contributed by atoms with Crippen molar-refractivity contribution in [1.82, 2.24) is 4.98 Å². The number of nitrogens with zero attached hydrogens (tertiary/aromatic N) is 1. The molecule has 30 heavy (non-hydrogen) atoms. The minimum atomic E-state index is 0. The van der Waals surface area contributed by atoms with Gasteiger partial charge in [0.25, 0.3) is 0 Å². The Bertz CT molecular complexity index is 966. The SMILES string of the molecule is CCOc1cc(-c2nccc3cc(OC)c(OC)cc23)cc(OCC)c1OCC.Cl. The van der Waals surface area contributed by atoms with Gasteiger partial charge in [-0.15, -0.1) is 12.4 Å². The predicted octanol–water partition coefficient (Wildman–Crippen LogP) is 5.54. The van der Waals surface area contributed by atoms with Crippen LogP contribution in [-0.2, 0) is 0 Å². The quantitative estimate of drug-likeness (QED) is 0.441. The van der Waals surface area contributed by atoms with E-state index in [4.69, 9.17) is 23.7 Å². The third kappa shape index (κ3) is 4.65. The molecule has 0 aliphatic rings. The second kappa shape index (κ2) is 10.8. The van der Waals surface area contributed by atoms with Crippen molar-refractivity contribution in [3.8, 4) is 40.0 Å². The maximum absolute atomic E-state index is 5.85. The molecule has 3 aromatic rings. The molecule has 2 aromatic carbocycles. The fourth-order valence-corrected chi connectivity index (χ4v) is 3.25. The maximum Gasteiger partial charge on any atom is 0.203 e. The molecule has 7 heteroatoms. The van der Waals surface area contributed by atoms with E-state index in [2.05, 4.69) is 4.98 Å². The highest BCUT2D eigenvalue weighted by atomic mass is 35.5. The number of benzene rings is 2. The highest BCUT2D eigenvalue weighted by Crippen LogP contribution is 2.43. The molecule has 0 N–H and O–H groups in total. The zero-order valence-electron chi connectivity index (χ0n) is 18.0. The van der Waals surface area contributed by atoms with E-state index in [0.717, 1.165) is 22.0 Å². The highest BCUT2D eigenvalue weighted by molar-refractivity contribution is 5.97. The van der Waals surface area contributed by atoms with Crippen LogP contribution in [0.2, 0.25) is 0 Å². The van der Waals surface area contributed by atoms with E-state index >= 15 is 0 Å². The van der Waals surface area contributed by atoms with Gasteiger partial charge in [-0.3, -0.25) is 4.98 Å². The number of rotatable bonds is 9. The summed E-state index contributed by atoms with van der Waals surface area (Å²) in [7, 11) is 3.25. The van der Waals surface area contributed by atoms with E-state index in [1.54, 1.807) is 20.4 Å². The summed E-state index contributed by atoms with van der Waals surface area (Å²) in [6.07, 6.45) is 1.78. The molecule has 0 amide bonds. The molecule has 1 heterocycles. The Balaban J connectivity index is 0.00000320. The monoisotopic (exact) mass is 433 g/mol. The van der Waals surface area contributed by atoms with Crippen molar-refractivity contribution >= 4 is 23.2 Å². The largest absolute Gasteiger partial charge is 0.493 e. The van der Waals surface area contributed by atoms with Gasteiger partial charge in [-0.1, -0.05) is 0 Å². The lowest BCUT2D eigenvalue weighted by molar-refractivity contribution is 0.261. The molecule has 0 saturated heterocycles. The lowest BCUT2D eigenvalue weighted by Crippen LogP contribution is -2.03. The second-order valence-electron chi connectivity index (χ2n) is 6.19. The number of fused-ring (bicyclic) bond motifs is 1. The first-order valence-electron chi connectivity index (χ1n) is 9.74. The summed E-state index contributed by atoms with van der Waals surface area (Å²) in [5.74, 6) is 3.20. The molecule has 3 rings (SSSR count). The van der Waals surface area contributed by atoms with Gasteiger partial charge >= 0.3 is 0 Å². The normalized spacial score (nSPS) is 10.3. The smallest absolute Gasteiger partial charge is 0.203 e. The molecule has 0 fully saturated rings. The fourth-order valence-electron chi connectivity index (χ4n) is 3.25. The number of halogens is 1. The van der Waals surface area contributed by atoms with Crippen LogP contribution >= 0.6 is 12.4 Å². The van der Waals surface area contributed by atoms with Gasteiger partial charge in [0.2, 0.25) is 5.75 Å². The van der Waals surface area contributed by atoms with Crippen LogP contribution in [0.5, 0.6) is 28.7 Å². The van der Waals surface area contributed by atoms with Gasteiger partial charge < -0.3 is 23.7 Å². The van der Waals surface area contributed by atoms with Crippen LogP contribution in [0.15, 0.2) is 36.5 Å². The van der Waals surface area contributed by atoms with Gasteiger partial charge in [0.05, 0.1) is 39.7 Å². The van der Waals surface area contributed by atoms with Crippen molar-refractivity contribution in [3.63, 3.8) is 0 Å². The minimum Gasteiger partial charge on any atom is -0.493 e. The van der Waals surface area contributed by atoms with Crippen molar-refractivity contribution < 1.29 is 23.7 Å². The van der Waals surface area contributed by atoms with E-state index in [0.29, 0.717) is 48.6 Å². The van der Waals surface area contributed by atoms with Crippen LogP contribution in [0.25, 0.3) is 22.0 Å². The zero-order chi connectivity index (χ0) is 20.8. The standard InChI is InChI=1S/C23H27NO5.ClH/c1-6-27-20-12-16(13-21(28-7-2)23(20)29-8-3)22-17-14-19(26-5)18(25-4)11-15(17)9-10-24-22;/h9-14H,6-8H2,1-5H3;1H. The lowest BCUT2D eigenvalue weighted by Gasteiger charge is -2.18. The van der Waals surface area contributed by atoms with Crippen LogP contribution in [-0.4, -0.2) is 39.0 Å². The third-order valence-corrected chi connectivity index (χ3v) is 4.45. The van der Waals surface area contributed by atoms with Crippen LogP contribution in [0, 0.1) is 0 Å². The molecule has 0 bridgehead atoms. The molecular formula is C23H28ClNO5. The van der Waals surface area contributed by atoms with E-state index in [-0.39, 0.29) is 12.4 Å². The summed E-state index contributed by atoms with van der Waals surface area (Å²) in [6.45, 7) is 7.37. The average Bonchev–Trinajstić information content (AvgIpc) is 2.74. The third-order valence-electron chi connectivity index (χ3n) is 4.45. The predicted molar refractivity (Wildman–Crippen MR) is 121 cm³/mol. The first-order valence-corrected chi connectivity index (χ1v) is 9.74. The Labute approximate surface area is 183 Å². The van der Waals surface area contributed by atoms with Gasteiger partial charge in [0.1, 0.15) is 0 Å². The minimum absolute atomic E-state index is 0. The summed E-state index contributed by atoms with van der Waals surface area (Å²) in [6, 6.07) is 9.71. The molecule has 162 valence electrons. The fraction of sp³-hybridized carbons (Fsp3) is 0.348. The van der Waals surface area contributed by atoms with Crippen LogP contribution in [0.3, 0.4) is 0 Å². The highest BCUT2D eigenvalue weighted by Gasteiger charge is 2.18. The summed E-state index contributed by atoms with van der Waals surface area (Å²) < 4.78 is 28.4. The molecule has 6 nitrogen and oxygen atoms in total. The maximum atomic E-state index is 5.85. The molecule has 1 aromatic heterocycles. The Hall–Kier alpha value is -2.86. The van der Waals surface area contributed by atoms with Crippen molar-refractivity contribution in [1.29, 1.82) is 0 Å². The van der Waals surface area contributed by atoms with Crippen molar-refractivity contribution in [2.75, 3.05) is 34.0 Å². The summed E-state index contributed by atoms with van der Waals surface area (Å²) in [5.41, 5.74) is 1.67. The van der Waals surface area contributed by atoms with E-state index < -0.39 is 0 Å². The Morgan fingerprint density at radius 3 is 1.83 bits per heavy atom. The first-order chi connectivity index (χ1) is 14.2. The summed E-state index contributed by atoms with van der Waals surface area (Å²) >= 11 is 0. The average molecular weight is 434 g/mol. The molecular weight excluding hydrogens is 406 g/mol. The van der Waals surface area contributed by atoms with Gasteiger partial charge in [-0.2, -0.15) is 0 Å². The van der Waals surface area contributed by atoms with E-state index in [1.807, 2.05) is 51.1 Å². The van der Waals surface area contributed by atoms with Crippen molar-refractivity contribution in [2.24, 2.45) is 0 Å². The number of hydrogen-bond donors (Lipinski definition) is 0. The summed E-state index contributed by atoms with van der Waals surface area (Å²) in [5, 5.41) is 1.94. The molecule has 0 aliphatic carbocycles. The Kier molecular flexibility index (Phi) is 8.42. The summed E-state index contributed by atoms with van der Waals surface area (Å²) in [4.78, 5) is 4.64. The topological polar surface area (TPSA) is 59.0 Å². The zero-order valence-corrected chi connectivity index (χ0v) is 18.8. The lowest BCUT2D eigenvalue weighted by atomic mass is 10.0.